The van der Waals surface area contributed by atoms with Crippen molar-refractivity contribution >= 4 is 28.3 Å². The number of aromatic nitrogens is 2. The standard InChI is InChI=1S/C21H20N4O4/c1-29-15-6-4-5-14(10-15)25-12-13(9-19(25)26)20(27)22-11-18-16-7-2-3-8-17(16)21(28)24-23-18/h2-8,10,13H,9,11-12H2,1H3,(H,22,27)(H,24,28)/t13-/m0/s1. The lowest BCUT2D eigenvalue weighted by atomic mass is 10.1. The molecule has 3 aromatic rings. The van der Waals surface area contributed by atoms with Crippen LogP contribution in [0.3, 0.4) is 0 Å². The molecule has 0 radical (unpaired) electrons. The molecule has 2 amide bonds. The average Bonchev–Trinajstić information content (AvgIpc) is 3.15. The zero-order valence-electron chi connectivity index (χ0n) is 15.8. The number of rotatable bonds is 5. The minimum Gasteiger partial charge on any atom is -0.497 e. The van der Waals surface area contributed by atoms with Crippen LogP contribution in [0.1, 0.15) is 12.1 Å². The number of methoxy groups -OCH3 is 1. The second-order valence-electron chi connectivity index (χ2n) is 6.87. The zero-order valence-corrected chi connectivity index (χ0v) is 15.8. The maximum absolute atomic E-state index is 12.7. The van der Waals surface area contributed by atoms with Gasteiger partial charge < -0.3 is 15.0 Å². The molecule has 2 N–H and O–H groups in total. The van der Waals surface area contributed by atoms with E-state index in [2.05, 4.69) is 15.5 Å². The summed E-state index contributed by atoms with van der Waals surface area (Å²) in [5.74, 6) is -0.131. The summed E-state index contributed by atoms with van der Waals surface area (Å²) in [5, 5.41) is 10.6. The molecule has 1 fully saturated rings. The maximum atomic E-state index is 12.7. The van der Waals surface area contributed by atoms with E-state index in [1.807, 2.05) is 18.2 Å². The van der Waals surface area contributed by atoms with Gasteiger partial charge in [-0.05, 0) is 18.2 Å². The van der Waals surface area contributed by atoms with Gasteiger partial charge in [-0.3, -0.25) is 14.4 Å². The molecule has 8 nitrogen and oxygen atoms in total. The number of ether oxygens (including phenoxy) is 1. The number of amides is 2. The molecule has 2 aromatic carbocycles. The van der Waals surface area contributed by atoms with Crippen LogP contribution >= 0.6 is 0 Å². The molecule has 1 saturated heterocycles. The first kappa shape index (κ1) is 18.7. The summed E-state index contributed by atoms with van der Waals surface area (Å²) >= 11 is 0. The number of carbonyl (C=O) groups excluding carboxylic acids is 2. The molecule has 1 atom stereocenters. The Morgan fingerprint density at radius 3 is 2.79 bits per heavy atom. The molecule has 1 aliphatic rings. The Balaban J connectivity index is 1.45. The first-order chi connectivity index (χ1) is 14.1. The summed E-state index contributed by atoms with van der Waals surface area (Å²) in [7, 11) is 1.57. The molecule has 0 aliphatic carbocycles. The Kier molecular flexibility index (Phi) is 4.99. The van der Waals surface area contributed by atoms with E-state index in [0.29, 0.717) is 34.4 Å². The Labute approximate surface area is 166 Å². The number of nitrogens with zero attached hydrogens (tertiary/aromatic N) is 2. The smallest absolute Gasteiger partial charge is 0.272 e. The van der Waals surface area contributed by atoms with Crippen LogP contribution in [0.25, 0.3) is 10.8 Å². The van der Waals surface area contributed by atoms with Crippen molar-refractivity contribution in [3.63, 3.8) is 0 Å². The van der Waals surface area contributed by atoms with E-state index in [0.717, 1.165) is 0 Å². The SMILES string of the molecule is COc1cccc(N2C[C@@H](C(=O)NCc3n[nH]c(=O)c4ccccc34)CC2=O)c1. The highest BCUT2D eigenvalue weighted by atomic mass is 16.5. The molecule has 8 heteroatoms. The molecular formula is C21H20N4O4. The highest BCUT2D eigenvalue weighted by molar-refractivity contribution is 6.00. The average molecular weight is 392 g/mol. The van der Waals surface area contributed by atoms with Crippen LogP contribution in [0, 0.1) is 5.92 Å². The largest absolute Gasteiger partial charge is 0.497 e. The van der Waals surface area contributed by atoms with Gasteiger partial charge in [-0.15, -0.1) is 0 Å². The van der Waals surface area contributed by atoms with Gasteiger partial charge in [0.05, 0.1) is 30.7 Å². The van der Waals surface area contributed by atoms with Gasteiger partial charge in [-0.1, -0.05) is 24.3 Å². The summed E-state index contributed by atoms with van der Waals surface area (Å²) < 4.78 is 5.21. The third-order valence-electron chi connectivity index (χ3n) is 5.07. The van der Waals surface area contributed by atoms with E-state index in [-0.39, 0.29) is 30.3 Å². The van der Waals surface area contributed by atoms with Gasteiger partial charge in [0.1, 0.15) is 5.75 Å². The van der Waals surface area contributed by atoms with E-state index >= 15 is 0 Å². The van der Waals surface area contributed by atoms with Crippen LogP contribution in [0.5, 0.6) is 5.75 Å². The number of anilines is 1. The molecule has 0 spiro atoms. The second-order valence-corrected chi connectivity index (χ2v) is 6.87. The number of H-pyrrole nitrogens is 1. The molecule has 0 bridgehead atoms. The normalized spacial score (nSPS) is 16.2. The number of benzene rings is 2. The van der Waals surface area contributed by atoms with Crippen molar-refractivity contribution in [1.29, 1.82) is 0 Å². The fourth-order valence-electron chi connectivity index (χ4n) is 3.53. The van der Waals surface area contributed by atoms with E-state index in [9.17, 15) is 14.4 Å². The molecule has 148 valence electrons. The summed E-state index contributed by atoms with van der Waals surface area (Å²) in [6, 6.07) is 14.3. The Morgan fingerprint density at radius 1 is 1.21 bits per heavy atom. The quantitative estimate of drug-likeness (QED) is 0.686. The fourth-order valence-corrected chi connectivity index (χ4v) is 3.53. The van der Waals surface area contributed by atoms with E-state index < -0.39 is 5.92 Å². The number of carbonyl (C=O) groups is 2. The number of fused-ring (bicyclic) bond motifs is 1. The number of nitrogens with one attached hydrogen (secondary N) is 2. The Morgan fingerprint density at radius 2 is 2.00 bits per heavy atom. The molecular weight excluding hydrogens is 372 g/mol. The predicted octanol–water partition coefficient (Wildman–Crippen LogP) is 1.60. The van der Waals surface area contributed by atoms with Gasteiger partial charge in [0.2, 0.25) is 11.8 Å². The van der Waals surface area contributed by atoms with Crippen molar-refractivity contribution in [2.45, 2.75) is 13.0 Å². The number of hydrogen-bond donors (Lipinski definition) is 2. The van der Waals surface area contributed by atoms with Crippen molar-refractivity contribution < 1.29 is 14.3 Å². The van der Waals surface area contributed by atoms with Crippen LogP contribution in [0.15, 0.2) is 53.3 Å². The second kappa shape index (κ2) is 7.75. The number of hydrogen-bond acceptors (Lipinski definition) is 5. The highest BCUT2D eigenvalue weighted by Gasteiger charge is 2.35. The van der Waals surface area contributed by atoms with Crippen LogP contribution in [-0.2, 0) is 16.1 Å². The van der Waals surface area contributed by atoms with Gasteiger partial charge >= 0.3 is 0 Å². The molecule has 1 aromatic heterocycles. The van der Waals surface area contributed by atoms with Gasteiger partial charge in [0.25, 0.3) is 5.56 Å². The minimum atomic E-state index is -0.456. The van der Waals surface area contributed by atoms with Gasteiger partial charge in [-0.25, -0.2) is 5.10 Å². The lowest BCUT2D eigenvalue weighted by molar-refractivity contribution is -0.126. The van der Waals surface area contributed by atoms with Crippen molar-refractivity contribution in [3.05, 3.63) is 64.6 Å². The Hall–Kier alpha value is -3.68. The fraction of sp³-hybridized carbons (Fsp3) is 0.238. The summed E-state index contributed by atoms with van der Waals surface area (Å²) in [6.45, 7) is 0.470. The molecule has 0 unspecified atom stereocenters. The molecule has 2 heterocycles. The summed E-state index contributed by atoms with van der Waals surface area (Å²) in [4.78, 5) is 38.6. The van der Waals surface area contributed by atoms with Crippen molar-refractivity contribution in [3.8, 4) is 5.75 Å². The monoisotopic (exact) mass is 392 g/mol. The molecule has 1 aliphatic heterocycles. The summed E-state index contributed by atoms with van der Waals surface area (Å²) in [5.41, 5.74) is 1.01. The lowest BCUT2D eigenvalue weighted by Crippen LogP contribution is -2.33. The van der Waals surface area contributed by atoms with Gasteiger partial charge in [0.15, 0.2) is 0 Å². The molecule has 0 saturated carbocycles. The predicted molar refractivity (Wildman–Crippen MR) is 108 cm³/mol. The van der Waals surface area contributed by atoms with Crippen LogP contribution in [0.4, 0.5) is 5.69 Å². The van der Waals surface area contributed by atoms with E-state index in [1.54, 1.807) is 42.3 Å². The lowest BCUT2D eigenvalue weighted by Gasteiger charge is -2.17. The van der Waals surface area contributed by atoms with Crippen molar-refractivity contribution in [2.75, 3.05) is 18.6 Å². The molecule has 4 rings (SSSR count). The maximum Gasteiger partial charge on any atom is 0.272 e. The van der Waals surface area contributed by atoms with Gasteiger partial charge in [-0.2, -0.15) is 5.10 Å². The van der Waals surface area contributed by atoms with E-state index in [1.165, 1.54) is 0 Å². The number of aromatic amines is 1. The Bertz CT molecular complexity index is 1140. The van der Waals surface area contributed by atoms with Crippen molar-refractivity contribution in [2.24, 2.45) is 5.92 Å². The van der Waals surface area contributed by atoms with Crippen LogP contribution < -0.4 is 20.5 Å². The van der Waals surface area contributed by atoms with Crippen LogP contribution in [0.2, 0.25) is 0 Å². The first-order valence-electron chi connectivity index (χ1n) is 9.25. The molecule has 29 heavy (non-hydrogen) atoms. The third kappa shape index (κ3) is 3.69. The third-order valence-corrected chi connectivity index (χ3v) is 5.07. The first-order valence-corrected chi connectivity index (χ1v) is 9.25. The van der Waals surface area contributed by atoms with E-state index in [4.69, 9.17) is 4.74 Å². The van der Waals surface area contributed by atoms with Gasteiger partial charge in [0, 0.05) is 30.1 Å². The highest BCUT2D eigenvalue weighted by Crippen LogP contribution is 2.28. The zero-order chi connectivity index (χ0) is 20.4. The topological polar surface area (TPSA) is 104 Å². The van der Waals surface area contributed by atoms with Crippen LogP contribution in [-0.4, -0.2) is 35.7 Å². The summed E-state index contributed by atoms with van der Waals surface area (Å²) in [6.07, 6.45) is 0.142. The van der Waals surface area contributed by atoms with Crippen molar-refractivity contribution in [1.82, 2.24) is 15.5 Å². The minimum absolute atomic E-state index is 0.106.